The van der Waals surface area contributed by atoms with Crippen molar-refractivity contribution in [2.24, 2.45) is 0 Å². The standard InChI is InChI=1S/C13H20N2O3/c1-10-5-3-4-6-12(10)18-9-11(16)7-15-8-13(17)14-2/h3-6,11,15-16H,7-9H2,1-2H3,(H,14,17). The van der Waals surface area contributed by atoms with E-state index in [4.69, 9.17) is 4.74 Å². The molecule has 0 saturated carbocycles. The molecule has 1 amide bonds. The highest BCUT2D eigenvalue weighted by molar-refractivity contribution is 5.77. The third-order valence-corrected chi connectivity index (χ3v) is 2.47. The second-order valence-corrected chi connectivity index (χ2v) is 4.03. The maximum Gasteiger partial charge on any atom is 0.233 e. The van der Waals surface area contributed by atoms with Gasteiger partial charge in [-0.2, -0.15) is 0 Å². The minimum Gasteiger partial charge on any atom is -0.491 e. The van der Waals surface area contributed by atoms with E-state index in [1.165, 1.54) is 0 Å². The lowest BCUT2D eigenvalue weighted by atomic mass is 10.2. The fourth-order valence-electron chi connectivity index (χ4n) is 1.40. The Morgan fingerprint density at radius 1 is 1.44 bits per heavy atom. The van der Waals surface area contributed by atoms with Crippen molar-refractivity contribution in [2.45, 2.75) is 13.0 Å². The van der Waals surface area contributed by atoms with Gasteiger partial charge in [-0.1, -0.05) is 18.2 Å². The molecule has 0 aliphatic rings. The number of aliphatic hydroxyl groups is 1. The summed E-state index contributed by atoms with van der Waals surface area (Å²) in [6.07, 6.45) is -0.644. The van der Waals surface area contributed by atoms with E-state index in [2.05, 4.69) is 10.6 Å². The minimum absolute atomic E-state index is 0.109. The number of amides is 1. The first-order valence-electron chi connectivity index (χ1n) is 5.91. The van der Waals surface area contributed by atoms with E-state index in [9.17, 15) is 9.90 Å². The van der Waals surface area contributed by atoms with Crippen LogP contribution in [0, 0.1) is 6.92 Å². The lowest BCUT2D eigenvalue weighted by molar-refractivity contribution is -0.119. The largest absolute Gasteiger partial charge is 0.491 e. The monoisotopic (exact) mass is 252 g/mol. The van der Waals surface area contributed by atoms with E-state index in [1.54, 1.807) is 7.05 Å². The fourth-order valence-corrected chi connectivity index (χ4v) is 1.40. The Hall–Kier alpha value is -1.59. The van der Waals surface area contributed by atoms with Crippen LogP contribution in [0.25, 0.3) is 0 Å². The molecule has 1 atom stereocenters. The number of benzene rings is 1. The van der Waals surface area contributed by atoms with Crippen molar-refractivity contribution in [1.82, 2.24) is 10.6 Å². The van der Waals surface area contributed by atoms with Crippen LogP contribution >= 0.6 is 0 Å². The molecule has 0 heterocycles. The van der Waals surface area contributed by atoms with Crippen LogP contribution in [0.15, 0.2) is 24.3 Å². The molecule has 1 unspecified atom stereocenters. The molecule has 100 valence electrons. The van der Waals surface area contributed by atoms with Crippen molar-refractivity contribution in [3.63, 3.8) is 0 Å². The van der Waals surface area contributed by atoms with Crippen molar-refractivity contribution in [1.29, 1.82) is 0 Å². The van der Waals surface area contributed by atoms with E-state index in [1.807, 2.05) is 31.2 Å². The van der Waals surface area contributed by atoms with Crippen molar-refractivity contribution < 1.29 is 14.6 Å². The van der Waals surface area contributed by atoms with Gasteiger partial charge in [-0.25, -0.2) is 0 Å². The van der Waals surface area contributed by atoms with Crippen LogP contribution in [0.4, 0.5) is 0 Å². The van der Waals surface area contributed by atoms with Crippen LogP contribution in [0.5, 0.6) is 5.75 Å². The van der Waals surface area contributed by atoms with Crippen LogP contribution in [0.3, 0.4) is 0 Å². The molecule has 1 aromatic carbocycles. The van der Waals surface area contributed by atoms with Gasteiger partial charge in [0.25, 0.3) is 0 Å². The molecular weight excluding hydrogens is 232 g/mol. The second kappa shape index (κ2) is 7.68. The number of hydrogen-bond donors (Lipinski definition) is 3. The average Bonchev–Trinajstić information content (AvgIpc) is 2.37. The Bertz CT molecular complexity index is 382. The number of ether oxygens (including phenoxy) is 1. The van der Waals surface area contributed by atoms with Gasteiger partial charge < -0.3 is 20.5 Å². The fraction of sp³-hybridized carbons (Fsp3) is 0.462. The number of likely N-dealkylation sites (N-methyl/N-ethyl adjacent to an activating group) is 1. The number of rotatable bonds is 7. The zero-order chi connectivity index (χ0) is 13.4. The molecule has 0 spiro atoms. The molecular formula is C13H20N2O3. The van der Waals surface area contributed by atoms with E-state index in [0.717, 1.165) is 11.3 Å². The van der Waals surface area contributed by atoms with Gasteiger partial charge in [-0.05, 0) is 18.6 Å². The Labute approximate surface area is 107 Å². The van der Waals surface area contributed by atoms with Gasteiger partial charge in [0.05, 0.1) is 6.54 Å². The molecule has 0 saturated heterocycles. The Kier molecular flexibility index (Phi) is 6.18. The highest BCUT2D eigenvalue weighted by atomic mass is 16.5. The summed E-state index contributed by atoms with van der Waals surface area (Å²) >= 11 is 0. The molecule has 0 fully saturated rings. The molecule has 0 bridgehead atoms. The number of carbonyl (C=O) groups is 1. The van der Waals surface area contributed by atoms with Crippen molar-refractivity contribution in [3.05, 3.63) is 29.8 Å². The summed E-state index contributed by atoms with van der Waals surface area (Å²) in [5, 5.41) is 15.0. The van der Waals surface area contributed by atoms with Crippen LogP contribution in [-0.4, -0.2) is 43.9 Å². The smallest absolute Gasteiger partial charge is 0.233 e. The lowest BCUT2D eigenvalue weighted by Gasteiger charge is -2.14. The molecule has 0 aliphatic carbocycles. The van der Waals surface area contributed by atoms with Gasteiger partial charge in [0, 0.05) is 13.6 Å². The lowest BCUT2D eigenvalue weighted by Crippen LogP contribution is -2.37. The summed E-state index contributed by atoms with van der Waals surface area (Å²) < 4.78 is 5.49. The van der Waals surface area contributed by atoms with Crippen LogP contribution in [0.2, 0.25) is 0 Å². The summed E-state index contributed by atoms with van der Waals surface area (Å²) in [6.45, 7) is 2.66. The van der Waals surface area contributed by atoms with Gasteiger partial charge in [0.15, 0.2) is 0 Å². The number of aryl methyl sites for hydroxylation is 1. The Balaban J connectivity index is 2.23. The molecule has 1 rings (SSSR count). The predicted octanol–water partition coefficient (Wildman–Crippen LogP) is 0.0703. The van der Waals surface area contributed by atoms with Gasteiger partial charge >= 0.3 is 0 Å². The maximum atomic E-state index is 10.9. The second-order valence-electron chi connectivity index (χ2n) is 4.03. The molecule has 1 aromatic rings. The van der Waals surface area contributed by atoms with Crippen LogP contribution in [0.1, 0.15) is 5.56 Å². The average molecular weight is 252 g/mol. The first-order valence-corrected chi connectivity index (χ1v) is 5.91. The first kappa shape index (κ1) is 14.5. The van der Waals surface area contributed by atoms with Crippen LogP contribution in [-0.2, 0) is 4.79 Å². The van der Waals surface area contributed by atoms with Crippen molar-refractivity contribution >= 4 is 5.91 Å². The summed E-state index contributed by atoms with van der Waals surface area (Å²) in [4.78, 5) is 10.9. The first-order chi connectivity index (χ1) is 8.63. The Morgan fingerprint density at radius 3 is 2.83 bits per heavy atom. The van der Waals surface area contributed by atoms with Gasteiger partial charge in [0.2, 0.25) is 5.91 Å². The maximum absolute atomic E-state index is 10.9. The molecule has 3 N–H and O–H groups in total. The molecule has 5 heteroatoms. The minimum atomic E-state index is -0.644. The summed E-state index contributed by atoms with van der Waals surface area (Å²) in [7, 11) is 1.57. The number of aliphatic hydroxyl groups excluding tert-OH is 1. The molecule has 0 radical (unpaired) electrons. The predicted molar refractivity (Wildman–Crippen MR) is 69.6 cm³/mol. The highest BCUT2D eigenvalue weighted by Crippen LogP contribution is 2.15. The van der Waals surface area contributed by atoms with Crippen LogP contribution < -0.4 is 15.4 Å². The number of para-hydroxylation sites is 1. The number of hydrogen-bond acceptors (Lipinski definition) is 4. The highest BCUT2D eigenvalue weighted by Gasteiger charge is 2.07. The zero-order valence-corrected chi connectivity index (χ0v) is 10.8. The molecule has 5 nitrogen and oxygen atoms in total. The number of carbonyl (C=O) groups excluding carboxylic acids is 1. The number of nitrogens with one attached hydrogen (secondary N) is 2. The summed E-state index contributed by atoms with van der Waals surface area (Å²) in [6, 6.07) is 7.63. The summed E-state index contributed by atoms with van der Waals surface area (Å²) in [5.41, 5.74) is 1.03. The van der Waals surface area contributed by atoms with E-state index >= 15 is 0 Å². The van der Waals surface area contributed by atoms with Crippen molar-refractivity contribution in [3.8, 4) is 5.75 Å². The molecule has 0 aromatic heterocycles. The summed E-state index contributed by atoms with van der Waals surface area (Å²) in [5.74, 6) is 0.657. The zero-order valence-electron chi connectivity index (χ0n) is 10.8. The normalized spacial score (nSPS) is 11.9. The van der Waals surface area contributed by atoms with E-state index < -0.39 is 6.10 Å². The molecule has 18 heavy (non-hydrogen) atoms. The van der Waals surface area contributed by atoms with Gasteiger partial charge in [-0.15, -0.1) is 0 Å². The van der Waals surface area contributed by atoms with E-state index in [-0.39, 0.29) is 19.1 Å². The topological polar surface area (TPSA) is 70.6 Å². The quantitative estimate of drug-likeness (QED) is 0.642. The van der Waals surface area contributed by atoms with Crippen molar-refractivity contribution in [2.75, 3.05) is 26.7 Å². The SMILES string of the molecule is CNC(=O)CNCC(O)COc1ccccc1C. The Morgan fingerprint density at radius 2 is 2.17 bits per heavy atom. The molecule has 0 aliphatic heterocycles. The van der Waals surface area contributed by atoms with E-state index in [0.29, 0.717) is 6.54 Å². The van der Waals surface area contributed by atoms with Gasteiger partial charge in [0.1, 0.15) is 18.5 Å². The van der Waals surface area contributed by atoms with Gasteiger partial charge in [-0.3, -0.25) is 4.79 Å². The third-order valence-electron chi connectivity index (χ3n) is 2.47. The third kappa shape index (κ3) is 5.16.